The second kappa shape index (κ2) is 11.6. The molecule has 1 aromatic carbocycles. The lowest BCUT2D eigenvalue weighted by Crippen LogP contribution is -2.44. The van der Waals surface area contributed by atoms with Gasteiger partial charge in [0.25, 0.3) is 0 Å². The second-order valence-electron chi connectivity index (χ2n) is 8.58. The molecule has 1 aliphatic heterocycles. The number of aliphatic imine (C=N–C) groups is 1. The van der Waals surface area contributed by atoms with Crippen LogP contribution in [-0.2, 0) is 18.7 Å². The van der Waals surface area contributed by atoms with Gasteiger partial charge in [-0.1, -0.05) is 24.3 Å². The summed E-state index contributed by atoms with van der Waals surface area (Å²) in [6.07, 6.45) is 1.24. The van der Waals surface area contributed by atoms with Gasteiger partial charge in [-0.15, -0.1) is 0 Å². The number of benzene rings is 1. The summed E-state index contributed by atoms with van der Waals surface area (Å²) in [4.78, 5) is 9.66. The Morgan fingerprint density at radius 3 is 2.58 bits per heavy atom. The summed E-state index contributed by atoms with van der Waals surface area (Å²) in [5.41, 5.74) is 2.53. The van der Waals surface area contributed by atoms with Crippen molar-refractivity contribution in [1.29, 1.82) is 0 Å². The van der Waals surface area contributed by atoms with Crippen molar-refractivity contribution < 1.29 is 5.11 Å². The van der Waals surface area contributed by atoms with Crippen LogP contribution in [0.2, 0.25) is 0 Å². The van der Waals surface area contributed by atoms with E-state index < -0.39 is 5.60 Å². The first-order chi connectivity index (χ1) is 15.0. The number of hydrogen-bond acceptors (Lipinski definition) is 5. The molecule has 0 saturated carbocycles. The molecule has 1 atom stereocenters. The van der Waals surface area contributed by atoms with E-state index in [1.807, 2.05) is 30.7 Å². The Morgan fingerprint density at radius 2 is 1.87 bits per heavy atom. The van der Waals surface area contributed by atoms with Gasteiger partial charge < -0.3 is 20.6 Å². The van der Waals surface area contributed by atoms with E-state index in [9.17, 15) is 5.11 Å². The smallest absolute Gasteiger partial charge is 0.191 e. The third-order valence-corrected chi connectivity index (χ3v) is 6.43. The normalized spacial score (nSPS) is 18.4. The number of aliphatic hydroxyl groups is 1. The fourth-order valence-electron chi connectivity index (χ4n) is 3.71. The first kappa shape index (κ1) is 23.7. The molecule has 2 heterocycles. The molecule has 1 fully saturated rings. The van der Waals surface area contributed by atoms with E-state index in [2.05, 4.69) is 51.7 Å². The quantitative estimate of drug-likeness (QED) is 0.433. The van der Waals surface area contributed by atoms with Crippen molar-refractivity contribution in [2.45, 2.75) is 39.0 Å². The number of thiophene rings is 1. The van der Waals surface area contributed by atoms with E-state index in [-0.39, 0.29) is 0 Å². The monoisotopic (exact) mass is 443 g/mol. The molecule has 0 radical (unpaired) electrons. The fourth-order valence-corrected chi connectivity index (χ4v) is 4.49. The third-order valence-electron chi connectivity index (χ3n) is 5.75. The Hall–Kier alpha value is -1.93. The van der Waals surface area contributed by atoms with E-state index in [0.29, 0.717) is 13.1 Å². The van der Waals surface area contributed by atoms with E-state index in [4.69, 9.17) is 4.99 Å². The number of hydrogen-bond donors (Lipinski definition) is 3. The molecule has 2 aromatic rings. The van der Waals surface area contributed by atoms with Crippen LogP contribution in [0, 0.1) is 0 Å². The first-order valence-electron chi connectivity index (χ1n) is 11.2. The molecule has 1 aliphatic rings. The summed E-state index contributed by atoms with van der Waals surface area (Å²) in [5.74, 6) is 0.718. The van der Waals surface area contributed by atoms with Crippen LogP contribution in [0.5, 0.6) is 0 Å². The molecule has 0 spiro atoms. The highest BCUT2D eigenvalue weighted by atomic mass is 32.1. The van der Waals surface area contributed by atoms with Gasteiger partial charge in [0.15, 0.2) is 5.96 Å². The number of rotatable bonds is 8. The predicted molar refractivity (Wildman–Crippen MR) is 131 cm³/mol. The Kier molecular flexibility index (Phi) is 8.90. The van der Waals surface area contributed by atoms with E-state index >= 15 is 0 Å². The van der Waals surface area contributed by atoms with Crippen LogP contribution in [0.1, 0.15) is 37.0 Å². The Bertz CT molecular complexity index is 804. The van der Waals surface area contributed by atoms with Crippen LogP contribution >= 0.6 is 11.3 Å². The zero-order valence-electron chi connectivity index (χ0n) is 19.1. The van der Waals surface area contributed by atoms with Gasteiger partial charge in [-0.3, -0.25) is 4.90 Å². The molecule has 1 unspecified atom stereocenters. The molecule has 3 N–H and O–H groups in total. The van der Waals surface area contributed by atoms with Crippen LogP contribution in [-0.4, -0.2) is 67.2 Å². The van der Waals surface area contributed by atoms with Crippen LogP contribution in [0.15, 0.2) is 46.1 Å². The van der Waals surface area contributed by atoms with Gasteiger partial charge in [-0.25, -0.2) is 4.99 Å². The summed E-state index contributed by atoms with van der Waals surface area (Å²) in [6.45, 7) is 11.3. The van der Waals surface area contributed by atoms with Gasteiger partial charge in [-0.2, -0.15) is 11.3 Å². The predicted octanol–water partition coefficient (Wildman–Crippen LogP) is 2.85. The maximum absolute atomic E-state index is 10.7. The largest absolute Gasteiger partial charge is 0.384 e. The first-order valence-corrected chi connectivity index (χ1v) is 12.2. The molecule has 170 valence electrons. The van der Waals surface area contributed by atoms with Crippen LogP contribution in [0.4, 0.5) is 0 Å². The van der Waals surface area contributed by atoms with Crippen LogP contribution in [0.25, 0.3) is 0 Å². The van der Waals surface area contributed by atoms with E-state index in [1.54, 1.807) is 11.3 Å². The molecule has 1 saturated heterocycles. The second-order valence-corrected chi connectivity index (χ2v) is 9.36. The van der Waals surface area contributed by atoms with Gasteiger partial charge >= 0.3 is 0 Å². The molecule has 3 rings (SSSR count). The SMILES string of the molecule is CCNC(=NCc1ccc(CN2CCCN(C)CC2)cc1)NCC(C)(O)c1ccsc1. The average molecular weight is 444 g/mol. The summed E-state index contributed by atoms with van der Waals surface area (Å²) in [7, 11) is 2.21. The zero-order valence-corrected chi connectivity index (χ0v) is 19.9. The molecular weight excluding hydrogens is 406 g/mol. The molecule has 0 amide bonds. The summed E-state index contributed by atoms with van der Waals surface area (Å²) in [5, 5.41) is 21.2. The topological polar surface area (TPSA) is 63.1 Å². The Labute approximate surface area is 191 Å². The molecule has 0 bridgehead atoms. The molecule has 1 aromatic heterocycles. The molecule has 0 aliphatic carbocycles. The van der Waals surface area contributed by atoms with Gasteiger partial charge in [-0.05, 0) is 73.9 Å². The average Bonchev–Trinajstić information content (AvgIpc) is 3.24. The standard InChI is InChI=1S/C24H37N5OS/c1-4-25-23(27-19-24(2,30)22-10-15-31-18-22)26-16-20-6-8-21(9-7-20)17-29-12-5-11-28(3)13-14-29/h6-10,15,18,30H,4-5,11-14,16-17,19H2,1-3H3,(H2,25,26,27). The highest BCUT2D eigenvalue weighted by molar-refractivity contribution is 7.08. The van der Waals surface area contributed by atoms with Crippen LogP contribution < -0.4 is 10.6 Å². The fraction of sp³-hybridized carbons (Fsp3) is 0.542. The van der Waals surface area contributed by atoms with Gasteiger partial charge in [0.2, 0.25) is 0 Å². The summed E-state index contributed by atoms with van der Waals surface area (Å²) >= 11 is 1.59. The number of guanidine groups is 1. The minimum absolute atomic E-state index is 0.402. The Balaban J connectivity index is 1.53. The van der Waals surface area contributed by atoms with E-state index in [0.717, 1.165) is 37.7 Å². The minimum Gasteiger partial charge on any atom is -0.384 e. The summed E-state index contributed by atoms with van der Waals surface area (Å²) < 4.78 is 0. The zero-order chi connectivity index (χ0) is 22.1. The van der Waals surface area contributed by atoms with Crippen molar-refractivity contribution in [3.8, 4) is 0 Å². The number of likely N-dealkylation sites (N-methyl/N-ethyl adjacent to an activating group) is 1. The molecule has 7 heteroatoms. The van der Waals surface area contributed by atoms with Gasteiger partial charge in [0.1, 0.15) is 5.60 Å². The van der Waals surface area contributed by atoms with Crippen molar-refractivity contribution >= 4 is 17.3 Å². The van der Waals surface area contributed by atoms with Crippen molar-refractivity contribution in [2.24, 2.45) is 4.99 Å². The van der Waals surface area contributed by atoms with E-state index in [1.165, 1.54) is 30.6 Å². The highest BCUT2D eigenvalue weighted by Crippen LogP contribution is 2.22. The lowest BCUT2D eigenvalue weighted by atomic mass is 9.99. The van der Waals surface area contributed by atoms with Crippen molar-refractivity contribution in [1.82, 2.24) is 20.4 Å². The Morgan fingerprint density at radius 1 is 1.10 bits per heavy atom. The third kappa shape index (κ3) is 7.61. The molecular formula is C24H37N5OS. The number of nitrogens with zero attached hydrogens (tertiary/aromatic N) is 3. The minimum atomic E-state index is -0.931. The highest BCUT2D eigenvalue weighted by Gasteiger charge is 2.23. The molecule has 31 heavy (non-hydrogen) atoms. The van der Waals surface area contributed by atoms with Crippen molar-refractivity contribution in [3.05, 3.63) is 57.8 Å². The van der Waals surface area contributed by atoms with Gasteiger partial charge in [0, 0.05) is 26.2 Å². The maximum atomic E-state index is 10.7. The maximum Gasteiger partial charge on any atom is 0.191 e. The lowest BCUT2D eigenvalue weighted by Gasteiger charge is -2.24. The lowest BCUT2D eigenvalue weighted by molar-refractivity contribution is 0.0621. The molecule has 6 nitrogen and oxygen atoms in total. The summed E-state index contributed by atoms with van der Waals surface area (Å²) in [6, 6.07) is 10.8. The van der Waals surface area contributed by atoms with Gasteiger partial charge in [0.05, 0.1) is 13.1 Å². The number of nitrogens with one attached hydrogen (secondary N) is 2. The van der Waals surface area contributed by atoms with Crippen molar-refractivity contribution in [3.63, 3.8) is 0 Å². The van der Waals surface area contributed by atoms with Crippen LogP contribution in [0.3, 0.4) is 0 Å². The van der Waals surface area contributed by atoms with Crippen molar-refractivity contribution in [2.75, 3.05) is 46.3 Å².